The molecule has 0 atom stereocenters. The molecule has 0 aliphatic carbocycles. The van der Waals surface area contributed by atoms with E-state index in [1.54, 1.807) is 12.1 Å². The molecule has 0 saturated carbocycles. The van der Waals surface area contributed by atoms with Gasteiger partial charge in [-0.1, -0.05) is 36.4 Å². The molecule has 0 aliphatic rings. The number of aromatic amines is 1. The van der Waals surface area contributed by atoms with E-state index in [9.17, 15) is 4.39 Å². The number of halogens is 1. The highest BCUT2D eigenvalue weighted by Crippen LogP contribution is 2.29. The largest absolute Gasteiger partial charge is 0.361 e. The van der Waals surface area contributed by atoms with Crippen LogP contribution in [0.4, 0.5) is 4.39 Å². The van der Waals surface area contributed by atoms with Crippen molar-refractivity contribution in [1.29, 1.82) is 0 Å². The van der Waals surface area contributed by atoms with Crippen molar-refractivity contribution in [1.82, 2.24) is 4.98 Å². The van der Waals surface area contributed by atoms with Gasteiger partial charge < -0.3 is 4.98 Å². The Morgan fingerprint density at radius 3 is 2.50 bits per heavy atom. The van der Waals surface area contributed by atoms with Crippen LogP contribution >= 0.6 is 0 Å². The van der Waals surface area contributed by atoms with Crippen molar-refractivity contribution in [2.45, 2.75) is 0 Å². The topological polar surface area (TPSA) is 15.8 Å². The summed E-state index contributed by atoms with van der Waals surface area (Å²) in [5.74, 6) is -0.190. The quantitative estimate of drug-likeness (QED) is 0.626. The third-order valence-electron chi connectivity index (χ3n) is 2.75. The summed E-state index contributed by atoms with van der Waals surface area (Å²) in [7, 11) is 0. The van der Waals surface area contributed by atoms with Gasteiger partial charge in [0.05, 0.1) is 5.52 Å². The van der Waals surface area contributed by atoms with Gasteiger partial charge in [0.15, 0.2) is 0 Å². The summed E-state index contributed by atoms with van der Waals surface area (Å²) in [5, 5.41) is 1.10. The van der Waals surface area contributed by atoms with Gasteiger partial charge in [0.25, 0.3) is 0 Å². The number of benzene rings is 2. The molecule has 3 aromatic rings. The van der Waals surface area contributed by atoms with Crippen molar-refractivity contribution < 1.29 is 4.39 Å². The molecule has 1 aromatic heterocycles. The predicted molar refractivity (Wildman–Crippen MR) is 63.7 cm³/mol. The average molecular weight is 211 g/mol. The highest BCUT2D eigenvalue weighted by Gasteiger charge is 2.07. The number of hydrogen-bond donors (Lipinski definition) is 1. The van der Waals surface area contributed by atoms with Crippen LogP contribution in [-0.2, 0) is 0 Å². The molecule has 0 spiro atoms. The molecule has 0 radical (unpaired) electrons. The van der Waals surface area contributed by atoms with Crippen LogP contribution in [0.2, 0.25) is 0 Å². The highest BCUT2D eigenvalue weighted by molar-refractivity contribution is 5.94. The molecule has 3 rings (SSSR count). The molecule has 1 heterocycles. The minimum atomic E-state index is -0.190. The monoisotopic (exact) mass is 211 g/mol. The van der Waals surface area contributed by atoms with E-state index in [-0.39, 0.29) is 5.82 Å². The fourth-order valence-corrected chi connectivity index (χ4v) is 1.99. The Balaban J connectivity index is 2.34. The molecule has 0 amide bonds. The standard InChI is InChI=1S/C14H10FN/c15-13-7-2-1-5-11(13)12-6-3-4-10-8-9-16-14(10)12/h1-9,16H. The Bertz CT molecular complexity index is 640. The molecule has 2 heteroatoms. The number of para-hydroxylation sites is 1. The maximum atomic E-state index is 13.7. The first-order valence-electron chi connectivity index (χ1n) is 5.17. The van der Waals surface area contributed by atoms with E-state index in [4.69, 9.17) is 0 Å². The number of hydrogen-bond acceptors (Lipinski definition) is 0. The van der Waals surface area contributed by atoms with E-state index in [0.717, 1.165) is 16.5 Å². The number of H-pyrrole nitrogens is 1. The van der Waals surface area contributed by atoms with Gasteiger partial charge in [-0.3, -0.25) is 0 Å². The normalized spacial score (nSPS) is 10.8. The zero-order valence-electron chi connectivity index (χ0n) is 8.57. The Morgan fingerprint density at radius 2 is 1.62 bits per heavy atom. The van der Waals surface area contributed by atoms with Crippen LogP contribution in [-0.4, -0.2) is 4.98 Å². The van der Waals surface area contributed by atoms with Gasteiger partial charge in [-0.25, -0.2) is 4.39 Å². The maximum absolute atomic E-state index is 13.7. The van der Waals surface area contributed by atoms with Crippen LogP contribution in [0.3, 0.4) is 0 Å². The van der Waals surface area contributed by atoms with Gasteiger partial charge in [0.2, 0.25) is 0 Å². The van der Waals surface area contributed by atoms with Gasteiger partial charge in [0, 0.05) is 17.3 Å². The van der Waals surface area contributed by atoms with E-state index < -0.39 is 0 Å². The predicted octanol–water partition coefficient (Wildman–Crippen LogP) is 3.97. The van der Waals surface area contributed by atoms with Crippen molar-refractivity contribution in [2.75, 3.05) is 0 Å². The van der Waals surface area contributed by atoms with E-state index in [1.165, 1.54) is 6.07 Å². The van der Waals surface area contributed by atoms with E-state index in [1.807, 2.05) is 36.5 Å². The van der Waals surface area contributed by atoms with Crippen molar-refractivity contribution >= 4 is 10.9 Å². The van der Waals surface area contributed by atoms with Crippen LogP contribution in [0, 0.1) is 5.82 Å². The fourth-order valence-electron chi connectivity index (χ4n) is 1.99. The molecular formula is C14H10FN. The number of aromatic nitrogens is 1. The second-order valence-corrected chi connectivity index (χ2v) is 3.73. The first-order chi connectivity index (χ1) is 7.86. The molecular weight excluding hydrogens is 201 g/mol. The summed E-state index contributed by atoms with van der Waals surface area (Å²) in [4.78, 5) is 3.15. The molecule has 0 saturated heterocycles. The Morgan fingerprint density at radius 1 is 0.812 bits per heavy atom. The number of rotatable bonds is 1. The Kier molecular flexibility index (Phi) is 2.00. The van der Waals surface area contributed by atoms with Gasteiger partial charge in [0.1, 0.15) is 5.82 Å². The molecule has 78 valence electrons. The fraction of sp³-hybridized carbons (Fsp3) is 0. The molecule has 0 bridgehead atoms. The molecule has 1 nitrogen and oxygen atoms in total. The van der Waals surface area contributed by atoms with Crippen molar-refractivity contribution in [3.05, 3.63) is 60.5 Å². The molecule has 0 aliphatic heterocycles. The molecule has 1 N–H and O–H groups in total. The summed E-state index contributed by atoms with van der Waals surface area (Å²) in [5.41, 5.74) is 2.52. The zero-order valence-corrected chi connectivity index (χ0v) is 8.57. The minimum Gasteiger partial charge on any atom is -0.361 e. The first kappa shape index (κ1) is 9.16. The minimum absolute atomic E-state index is 0.190. The van der Waals surface area contributed by atoms with Crippen LogP contribution in [0.1, 0.15) is 0 Å². The molecule has 2 aromatic carbocycles. The van der Waals surface area contributed by atoms with Gasteiger partial charge in [-0.15, -0.1) is 0 Å². The summed E-state index contributed by atoms with van der Waals surface area (Å²) in [6.45, 7) is 0. The second-order valence-electron chi connectivity index (χ2n) is 3.73. The maximum Gasteiger partial charge on any atom is 0.131 e. The molecule has 0 unspecified atom stereocenters. The van der Waals surface area contributed by atoms with Crippen molar-refractivity contribution in [3.63, 3.8) is 0 Å². The lowest BCUT2D eigenvalue weighted by atomic mass is 10.0. The lowest BCUT2D eigenvalue weighted by molar-refractivity contribution is 0.631. The van der Waals surface area contributed by atoms with Crippen LogP contribution in [0.25, 0.3) is 22.0 Å². The van der Waals surface area contributed by atoms with Crippen molar-refractivity contribution in [2.24, 2.45) is 0 Å². The van der Waals surface area contributed by atoms with E-state index in [0.29, 0.717) is 5.56 Å². The molecule has 16 heavy (non-hydrogen) atoms. The summed E-state index contributed by atoms with van der Waals surface area (Å²) in [6, 6.07) is 14.7. The lowest BCUT2D eigenvalue weighted by Crippen LogP contribution is -1.84. The Hall–Kier alpha value is -2.09. The summed E-state index contributed by atoms with van der Waals surface area (Å²) < 4.78 is 13.7. The zero-order chi connectivity index (χ0) is 11.0. The number of fused-ring (bicyclic) bond motifs is 1. The Labute approximate surface area is 92.5 Å². The lowest BCUT2D eigenvalue weighted by Gasteiger charge is -2.04. The second kappa shape index (κ2) is 3.49. The van der Waals surface area contributed by atoms with Gasteiger partial charge >= 0.3 is 0 Å². The van der Waals surface area contributed by atoms with Crippen LogP contribution in [0.15, 0.2) is 54.7 Å². The number of nitrogens with one attached hydrogen (secondary N) is 1. The van der Waals surface area contributed by atoms with Gasteiger partial charge in [-0.2, -0.15) is 0 Å². The third kappa shape index (κ3) is 1.31. The van der Waals surface area contributed by atoms with E-state index >= 15 is 0 Å². The van der Waals surface area contributed by atoms with Crippen LogP contribution in [0.5, 0.6) is 0 Å². The van der Waals surface area contributed by atoms with Crippen molar-refractivity contribution in [3.8, 4) is 11.1 Å². The first-order valence-corrected chi connectivity index (χ1v) is 5.17. The third-order valence-corrected chi connectivity index (χ3v) is 2.75. The van der Waals surface area contributed by atoms with Gasteiger partial charge in [-0.05, 0) is 17.5 Å². The SMILES string of the molecule is Fc1ccccc1-c1cccc2cc[nH]c12. The van der Waals surface area contributed by atoms with E-state index in [2.05, 4.69) is 4.98 Å². The smallest absolute Gasteiger partial charge is 0.131 e. The summed E-state index contributed by atoms with van der Waals surface area (Å²) >= 11 is 0. The average Bonchev–Trinajstić information content (AvgIpc) is 2.77. The highest BCUT2D eigenvalue weighted by atomic mass is 19.1. The summed E-state index contributed by atoms with van der Waals surface area (Å²) in [6.07, 6.45) is 1.87. The van der Waals surface area contributed by atoms with Crippen LogP contribution < -0.4 is 0 Å². The molecule has 0 fully saturated rings.